The summed E-state index contributed by atoms with van der Waals surface area (Å²) in [4.78, 5) is 47.6. The molecular formula is C108H204O20Si9. The number of carboxylic acids is 1. The molecule has 1 N–H and O–H groups in total. The van der Waals surface area contributed by atoms with Crippen LogP contribution >= 0.6 is 0 Å². The molecule has 0 bridgehead atoms. The number of carboxylic acid groups (broad SMARTS) is 1. The fraction of sp³-hybridized carbons (Fsp3) is 0.898. The van der Waals surface area contributed by atoms with Crippen LogP contribution in [0.15, 0.2) is 42.0 Å². The second-order valence-corrected chi connectivity index (χ2v) is 88.2. The number of esters is 1. The van der Waals surface area contributed by atoms with Crippen LogP contribution in [0, 0.1) is 50.2 Å². The normalized spacial score (nSPS) is 33.7. The number of carbonyl (C=O) groups excluding carboxylic acids is 2. The lowest BCUT2D eigenvalue weighted by molar-refractivity contribution is -0.387. The van der Waals surface area contributed by atoms with Crippen LogP contribution < -0.4 is 0 Å². The van der Waals surface area contributed by atoms with E-state index in [4.69, 9.17) is 73.0 Å². The van der Waals surface area contributed by atoms with Gasteiger partial charge in [-0.15, -0.1) is 0 Å². The molecule has 0 aromatic heterocycles. The van der Waals surface area contributed by atoms with Gasteiger partial charge in [0.2, 0.25) is 0 Å². The number of aldehydes is 1. The lowest BCUT2D eigenvalue weighted by atomic mass is 9.33. The Balaban J connectivity index is 1.39. The van der Waals surface area contributed by atoms with Crippen molar-refractivity contribution in [3.63, 3.8) is 0 Å². The van der Waals surface area contributed by atoms with Crippen molar-refractivity contribution < 1.29 is 92.5 Å². The molecule has 8 aliphatic rings. The van der Waals surface area contributed by atoms with Crippen molar-refractivity contribution in [2.24, 2.45) is 50.2 Å². The van der Waals surface area contributed by atoms with Crippen LogP contribution in [-0.2, 0) is 94.0 Å². The summed E-state index contributed by atoms with van der Waals surface area (Å²) in [7, 11) is -23.7. The van der Waals surface area contributed by atoms with E-state index in [-0.39, 0.29) is 48.4 Å². The summed E-state index contributed by atoms with van der Waals surface area (Å²) >= 11 is 0. The number of rotatable bonds is 57. The first kappa shape index (κ1) is 119. The van der Waals surface area contributed by atoms with Crippen LogP contribution in [0.25, 0.3) is 0 Å². The van der Waals surface area contributed by atoms with Gasteiger partial charge in [-0.2, -0.15) is 0 Å². The molecule has 0 amide bonds. The van der Waals surface area contributed by atoms with Crippen molar-refractivity contribution in [1.29, 1.82) is 0 Å². The molecule has 7 fully saturated rings. The zero-order valence-corrected chi connectivity index (χ0v) is 102. The number of hydrogen-bond acceptors (Lipinski definition) is 19. The molecule has 4 saturated carbocycles. The average Bonchev–Trinajstić information content (AvgIpc) is 0.666. The molecule has 0 spiro atoms. The van der Waals surface area contributed by atoms with E-state index < -0.39 is 207 Å². The minimum atomic E-state index is -3.00. The van der Waals surface area contributed by atoms with Crippen LogP contribution in [0.3, 0.4) is 0 Å². The number of benzene rings is 1. The fourth-order valence-corrected chi connectivity index (χ4v) is 53.6. The molecule has 1 aromatic carbocycles. The molecule has 792 valence electrons. The predicted octanol–water partition coefficient (Wildman–Crippen LogP) is 28.5. The van der Waals surface area contributed by atoms with E-state index in [2.05, 4.69) is 235 Å². The van der Waals surface area contributed by atoms with Gasteiger partial charge in [0, 0.05) is 0 Å². The third kappa shape index (κ3) is 23.9. The summed E-state index contributed by atoms with van der Waals surface area (Å²) in [5, 5.41) is 12.1. The highest BCUT2D eigenvalue weighted by Gasteiger charge is 2.74. The molecule has 5 aliphatic carbocycles. The molecule has 1 aromatic rings. The second kappa shape index (κ2) is 50.0. The molecule has 24 atom stereocenters. The van der Waals surface area contributed by atoms with Gasteiger partial charge in [0.1, 0.15) is 67.8 Å². The first-order valence-corrected chi connectivity index (χ1v) is 79.4. The zero-order chi connectivity index (χ0) is 102. The van der Waals surface area contributed by atoms with E-state index in [1.807, 2.05) is 30.3 Å². The number of fused-ring (bicyclic) bond motifs is 7. The molecular weight excluding hydrogens is 1870 g/mol. The van der Waals surface area contributed by atoms with Gasteiger partial charge >= 0.3 is 11.9 Å². The summed E-state index contributed by atoms with van der Waals surface area (Å²) in [6.45, 7) is 76.6. The Morgan fingerprint density at radius 3 is 1.28 bits per heavy atom. The van der Waals surface area contributed by atoms with Crippen molar-refractivity contribution in [2.45, 2.75) is 554 Å². The van der Waals surface area contributed by atoms with Gasteiger partial charge in [0.25, 0.3) is 0 Å². The summed E-state index contributed by atoms with van der Waals surface area (Å²) in [5.74, 6) is -1.66. The minimum Gasteiger partial charge on any atom is -0.481 e. The van der Waals surface area contributed by atoms with E-state index >= 15 is 9.59 Å². The maximum absolute atomic E-state index is 16.9. The molecule has 137 heavy (non-hydrogen) atoms. The van der Waals surface area contributed by atoms with Crippen LogP contribution in [0.5, 0.6) is 0 Å². The van der Waals surface area contributed by atoms with Crippen molar-refractivity contribution >= 4 is 93.1 Å². The third-order valence-electron chi connectivity index (χ3n) is 40.8. The number of carbonyl (C=O) groups is 3. The van der Waals surface area contributed by atoms with Gasteiger partial charge in [-0.05, 0) is 266 Å². The highest BCUT2D eigenvalue weighted by molar-refractivity contribution is 6.77. The Bertz CT molecular complexity index is 3820. The van der Waals surface area contributed by atoms with Gasteiger partial charge in [0.15, 0.2) is 99.8 Å². The molecule has 17 unspecified atom stereocenters. The highest BCUT2D eigenvalue weighted by Crippen LogP contribution is 2.77. The van der Waals surface area contributed by atoms with E-state index in [1.54, 1.807) is 0 Å². The quantitative estimate of drug-likeness (QED) is 0.0211. The number of ether oxygens (including phenoxy) is 7. The zero-order valence-electron chi connectivity index (χ0n) is 93.3. The van der Waals surface area contributed by atoms with Crippen LogP contribution in [0.4, 0.5) is 0 Å². The highest BCUT2D eigenvalue weighted by atomic mass is 28.4. The predicted molar refractivity (Wildman–Crippen MR) is 580 cm³/mol. The van der Waals surface area contributed by atoms with E-state index in [1.165, 1.54) is 11.9 Å². The molecule has 9 rings (SSSR count). The number of allylic oxidation sites excluding steroid dienone is 2. The standard InChI is InChI=1S/C108H204O20Si9/c1-34-129(35-2,36-3)115-78-83-89(123-132(43-10,44-11)45-12)92(125-134(49-16,50-17)51-18)97(128-137(58-25,59-26)60-27)101(116-83)120-95-91(118-99-96(127-136(55-22,56-23)57-24)90(124-133(46-13,47-14)48-15)84(77-114-99)121-130(37-4,38-5)39-6)93(126-135(52-19,53-20)54-21)94(98(110)113-76-80-64-62-61-63-65-80)119-100(95)117-87-69-70-104(30)85(105(87,31)79-109)68-71-106(32)86(104)67-66-81-82-74-103(28,29)72-73-108(82,102(111)112)88(75-107(81,106)33)122-131(40-7,41-8)42-9/h61-66,79,82-97,99-101H,34-60,67-78H2,1-33H3,(H,111,112)/t82?,83?,84-,85?,86?,87?,88?,89+,90?,91?,92?,93+,94?,95?,96?,97?,99+,100-,101+,104?,105?,106?,107?,108-/m1/s1. The van der Waals surface area contributed by atoms with Crippen LogP contribution in [0.2, 0.25) is 163 Å². The molecule has 3 heterocycles. The lowest BCUT2D eigenvalue weighted by Gasteiger charge is -2.72. The summed E-state index contributed by atoms with van der Waals surface area (Å²) < 4.78 is 130. The minimum absolute atomic E-state index is 0.0557. The number of hydrogen-bond donors (Lipinski definition) is 1. The first-order valence-electron chi connectivity index (χ1n) is 56.6. The van der Waals surface area contributed by atoms with Crippen LogP contribution in [0.1, 0.15) is 292 Å². The van der Waals surface area contributed by atoms with Gasteiger partial charge in [-0.25, -0.2) is 4.79 Å². The maximum Gasteiger partial charge on any atom is 0.338 e. The maximum atomic E-state index is 16.9. The topological polar surface area (TPSA) is 219 Å². The summed E-state index contributed by atoms with van der Waals surface area (Å²) in [6.07, 6.45) is -5.66. The van der Waals surface area contributed by atoms with Crippen molar-refractivity contribution in [2.75, 3.05) is 13.2 Å². The van der Waals surface area contributed by atoms with Crippen LogP contribution in [-0.4, -0.2) is 210 Å². The molecule has 3 aliphatic heterocycles. The Kier molecular flexibility index (Phi) is 43.6. The lowest BCUT2D eigenvalue weighted by Crippen LogP contribution is -2.72. The van der Waals surface area contributed by atoms with Gasteiger partial charge in [-0.3, -0.25) is 4.79 Å². The van der Waals surface area contributed by atoms with Gasteiger partial charge < -0.3 is 82.9 Å². The summed E-state index contributed by atoms with van der Waals surface area (Å²) in [5.41, 5.74) is -1.35. The number of aliphatic carboxylic acids is 1. The van der Waals surface area contributed by atoms with Gasteiger partial charge in [-0.1, -0.05) is 270 Å². The fourth-order valence-electron chi connectivity index (χ4n) is 28.2. The molecule has 20 nitrogen and oxygen atoms in total. The van der Waals surface area contributed by atoms with E-state index in [0.717, 1.165) is 176 Å². The monoisotopic (exact) mass is 2070 g/mol. The molecule has 0 radical (unpaired) electrons. The van der Waals surface area contributed by atoms with Gasteiger partial charge in [0.05, 0.1) is 42.4 Å². The third-order valence-corrected chi connectivity index (χ3v) is 82.6. The Morgan fingerprint density at radius 1 is 0.409 bits per heavy atom. The average molecular weight is 2080 g/mol. The van der Waals surface area contributed by atoms with Crippen molar-refractivity contribution in [1.82, 2.24) is 0 Å². The first-order chi connectivity index (χ1) is 65.1. The molecule has 29 heteroatoms. The SMILES string of the molecule is CC[Si](CC)(CC)OCC1O[C@@H](OC2C(O[C@@H]3OC[C@@H](O[Si](CC)(CC)CC)C(O[Si](CC)(CC)CC)C3O[Si](CC)(CC)CC)[C@H](O[Si](CC)(CC)CC)C(C(=O)OCc3ccccc3)O[C@H]2OC2CCC3(C)C(CCC4(C)C3CC=C3C5CC(C)(C)CC[C@]5(C(=O)O)C(O[Si](CC)(CC)CC)CC34C)C2(C)C=O)C(O[Si](CC)(CC)CC)C(O[Si](CC)(CC)CC)[C@H]1O[Si](CC)(CC)CC. The van der Waals surface area contributed by atoms with Crippen molar-refractivity contribution in [3.05, 3.63) is 47.5 Å². The Hall–Kier alpha value is -1.08. The Labute approximate surface area is 845 Å². The van der Waals surface area contributed by atoms with Crippen molar-refractivity contribution in [3.8, 4) is 0 Å². The van der Waals surface area contributed by atoms with E-state index in [0.29, 0.717) is 50.2 Å². The van der Waals surface area contributed by atoms with E-state index in [9.17, 15) is 9.90 Å². The second-order valence-electron chi connectivity index (χ2n) is 45.6. The Morgan fingerprint density at radius 2 is 0.825 bits per heavy atom. The molecule has 3 saturated heterocycles. The smallest absolute Gasteiger partial charge is 0.338 e. The largest absolute Gasteiger partial charge is 0.481 e. The summed E-state index contributed by atoms with van der Waals surface area (Å²) in [6, 6.07) is 33.2.